The summed E-state index contributed by atoms with van der Waals surface area (Å²) >= 11 is 0. The highest BCUT2D eigenvalue weighted by molar-refractivity contribution is 6.29. The monoisotopic (exact) mass is 457 g/mol. The van der Waals surface area contributed by atoms with Crippen LogP contribution in [0.15, 0.2) is 66.7 Å². The number of hydrogen-bond acceptors (Lipinski definition) is 6. The molecule has 172 valence electrons. The molecule has 4 rings (SSSR count). The highest BCUT2D eigenvalue weighted by atomic mass is 16.6. The number of hydrogen-bond donors (Lipinski definition) is 0. The van der Waals surface area contributed by atoms with Crippen molar-refractivity contribution in [3.63, 3.8) is 0 Å². The highest BCUT2D eigenvalue weighted by Gasteiger charge is 2.34. The molecular weight excluding hydrogens is 434 g/mol. The van der Waals surface area contributed by atoms with E-state index < -0.39 is 17.8 Å². The Hall–Kier alpha value is -4.26. The van der Waals surface area contributed by atoms with E-state index in [1.165, 1.54) is 4.90 Å². The fourth-order valence-electron chi connectivity index (χ4n) is 3.95. The second-order valence-corrected chi connectivity index (χ2v) is 7.84. The Labute approximate surface area is 196 Å². The lowest BCUT2D eigenvalue weighted by atomic mass is 9.88. The van der Waals surface area contributed by atoms with Gasteiger partial charge in [0.25, 0.3) is 11.8 Å². The molecule has 1 aliphatic heterocycles. The Kier molecular flexibility index (Phi) is 6.27. The van der Waals surface area contributed by atoms with Crippen molar-refractivity contribution in [2.24, 2.45) is 0 Å². The average molecular weight is 457 g/mol. The lowest BCUT2D eigenvalue weighted by Gasteiger charge is -2.27. The van der Waals surface area contributed by atoms with Crippen LogP contribution in [0.3, 0.4) is 0 Å². The van der Waals surface area contributed by atoms with Crippen LogP contribution in [0.1, 0.15) is 50.5 Å². The minimum absolute atomic E-state index is 0.0135. The average Bonchev–Trinajstić information content (AvgIpc) is 2.85. The molecule has 0 bridgehead atoms. The Bertz CT molecular complexity index is 1320. The second-order valence-electron chi connectivity index (χ2n) is 7.84. The Morgan fingerprint density at radius 1 is 0.882 bits per heavy atom. The third kappa shape index (κ3) is 3.96. The normalized spacial score (nSPS) is 12.6. The molecule has 0 unspecified atom stereocenters. The molecule has 1 heterocycles. The van der Waals surface area contributed by atoms with Gasteiger partial charge >= 0.3 is 5.97 Å². The van der Waals surface area contributed by atoms with Gasteiger partial charge in [0.2, 0.25) is 0 Å². The molecule has 0 fully saturated rings. The molecule has 0 radical (unpaired) electrons. The van der Waals surface area contributed by atoms with Crippen LogP contribution < -0.4 is 4.74 Å². The first kappa shape index (κ1) is 22.9. The molecule has 0 spiro atoms. The Morgan fingerprint density at radius 2 is 1.53 bits per heavy atom. The van der Waals surface area contributed by atoms with Gasteiger partial charge < -0.3 is 9.47 Å². The second kappa shape index (κ2) is 9.31. The molecule has 1 aliphatic rings. The lowest BCUT2D eigenvalue weighted by molar-refractivity contribution is -0.139. The van der Waals surface area contributed by atoms with E-state index in [2.05, 4.69) is 6.58 Å². The van der Waals surface area contributed by atoms with Crippen molar-refractivity contribution in [3.05, 3.63) is 89.0 Å². The van der Waals surface area contributed by atoms with Crippen LogP contribution >= 0.6 is 0 Å². The Morgan fingerprint density at radius 3 is 2.15 bits per heavy atom. The van der Waals surface area contributed by atoms with Gasteiger partial charge in [-0.15, -0.1) is 0 Å². The van der Waals surface area contributed by atoms with Crippen LogP contribution in [-0.2, 0) is 9.53 Å². The van der Waals surface area contributed by atoms with Crippen molar-refractivity contribution in [1.29, 1.82) is 0 Å². The van der Waals surface area contributed by atoms with Crippen molar-refractivity contribution in [3.8, 4) is 5.75 Å². The number of carbonyl (C=O) groups is 4. The zero-order valence-corrected chi connectivity index (χ0v) is 18.9. The topological polar surface area (TPSA) is 90.0 Å². The largest absolute Gasteiger partial charge is 0.489 e. The van der Waals surface area contributed by atoms with Gasteiger partial charge in [0.05, 0.1) is 0 Å². The minimum atomic E-state index is -0.531. The maximum atomic E-state index is 13.4. The number of nitrogens with zero attached hydrogens (tertiary/aromatic N) is 1. The van der Waals surface area contributed by atoms with Crippen LogP contribution in [0, 0.1) is 0 Å². The van der Waals surface area contributed by atoms with Gasteiger partial charge in [-0.3, -0.25) is 19.3 Å². The lowest BCUT2D eigenvalue weighted by Crippen LogP contribution is -2.40. The Balaban J connectivity index is 1.83. The number of carbonyl (C=O) groups excluding carboxylic acids is 4. The number of ketones is 1. The van der Waals surface area contributed by atoms with Crippen LogP contribution in [0.25, 0.3) is 10.8 Å². The van der Waals surface area contributed by atoms with Crippen molar-refractivity contribution in [2.45, 2.75) is 13.8 Å². The number of esters is 1. The van der Waals surface area contributed by atoms with E-state index in [9.17, 15) is 19.2 Å². The molecule has 0 saturated carbocycles. The molecule has 3 aromatic rings. The SMILES string of the molecule is C=C(C)C(=O)OCCOc1ccc2c3c(ccc(C(=O)c4ccccc4)c13)C(=O)N(CC)C2=O. The predicted octanol–water partition coefficient (Wildman–Crippen LogP) is 4.18. The van der Waals surface area contributed by atoms with Crippen LogP contribution in [-0.4, -0.2) is 48.2 Å². The fraction of sp³-hybridized carbons (Fsp3) is 0.185. The smallest absolute Gasteiger partial charge is 0.333 e. The van der Waals surface area contributed by atoms with E-state index in [-0.39, 0.29) is 31.1 Å². The van der Waals surface area contributed by atoms with Gasteiger partial charge in [0, 0.05) is 45.1 Å². The van der Waals surface area contributed by atoms with Crippen molar-refractivity contribution in [2.75, 3.05) is 19.8 Å². The number of amides is 2. The summed E-state index contributed by atoms with van der Waals surface area (Å²) in [6, 6.07) is 15.1. The molecule has 7 nitrogen and oxygen atoms in total. The molecule has 34 heavy (non-hydrogen) atoms. The molecule has 7 heteroatoms. The summed E-state index contributed by atoms with van der Waals surface area (Å²) in [4.78, 5) is 52.3. The first-order chi connectivity index (χ1) is 16.3. The van der Waals surface area contributed by atoms with Gasteiger partial charge in [0.15, 0.2) is 5.78 Å². The number of imide groups is 1. The molecule has 0 atom stereocenters. The summed E-state index contributed by atoms with van der Waals surface area (Å²) in [6.07, 6.45) is 0. The first-order valence-electron chi connectivity index (χ1n) is 10.9. The molecular formula is C27H23NO6. The van der Waals surface area contributed by atoms with Gasteiger partial charge in [-0.05, 0) is 38.1 Å². The standard InChI is InChI=1S/C27H23NO6/c1-4-28-25(30)19-11-10-18(24(29)17-8-6-5-7-9-17)23-21(13-12-20(22(19)23)26(28)31)33-14-15-34-27(32)16(2)3/h5-13H,2,4,14-15H2,1,3H3. The van der Waals surface area contributed by atoms with Crippen molar-refractivity contribution in [1.82, 2.24) is 4.90 Å². The van der Waals surface area contributed by atoms with Crippen LogP contribution in [0.5, 0.6) is 5.75 Å². The molecule has 0 saturated heterocycles. The zero-order chi connectivity index (χ0) is 24.4. The molecule has 2 amide bonds. The van der Waals surface area contributed by atoms with E-state index in [1.54, 1.807) is 62.4 Å². The fourth-order valence-corrected chi connectivity index (χ4v) is 3.95. The number of rotatable bonds is 8. The van der Waals surface area contributed by atoms with E-state index in [0.29, 0.717) is 38.8 Å². The summed E-state index contributed by atoms with van der Waals surface area (Å²) in [5.74, 6) is -1.32. The maximum absolute atomic E-state index is 13.4. The summed E-state index contributed by atoms with van der Waals surface area (Å²) in [6.45, 7) is 7.03. The zero-order valence-electron chi connectivity index (χ0n) is 18.9. The summed E-state index contributed by atoms with van der Waals surface area (Å²) in [5.41, 5.74) is 1.71. The van der Waals surface area contributed by atoms with Gasteiger partial charge in [0.1, 0.15) is 19.0 Å². The third-order valence-corrected chi connectivity index (χ3v) is 5.59. The van der Waals surface area contributed by atoms with Crippen LogP contribution in [0.2, 0.25) is 0 Å². The first-order valence-corrected chi connectivity index (χ1v) is 10.9. The number of benzene rings is 3. The third-order valence-electron chi connectivity index (χ3n) is 5.59. The highest BCUT2D eigenvalue weighted by Crippen LogP contribution is 2.38. The summed E-state index contributed by atoms with van der Waals surface area (Å²) in [5, 5.41) is 0.769. The van der Waals surface area contributed by atoms with Crippen LogP contribution in [0.4, 0.5) is 0 Å². The van der Waals surface area contributed by atoms with E-state index in [1.807, 2.05) is 6.07 Å². The minimum Gasteiger partial charge on any atom is -0.489 e. The predicted molar refractivity (Wildman–Crippen MR) is 126 cm³/mol. The van der Waals surface area contributed by atoms with E-state index in [0.717, 1.165) is 0 Å². The number of ether oxygens (including phenoxy) is 2. The summed E-state index contributed by atoms with van der Waals surface area (Å²) in [7, 11) is 0. The molecule has 0 N–H and O–H groups in total. The molecule has 0 aromatic heterocycles. The van der Waals surface area contributed by atoms with E-state index >= 15 is 0 Å². The van der Waals surface area contributed by atoms with Gasteiger partial charge in [-0.2, -0.15) is 0 Å². The van der Waals surface area contributed by atoms with Gasteiger partial charge in [-0.1, -0.05) is 36.9 Å². The quantitative estimate of drug-likeness (QED) is 0.166. The summed E-state index contributed by atoms with van der Waals surface area (Å²) < 4.78 is 11.0. The van der Waals surface area contributed by atoms with Crippen molar-refractivity contribution < 1.29 is 28.7 Å². The maximum Gasteiger partial charge on any atom is 0.333 e. The van der Waals surface area contributed by atoms with Crippen molar-refractivity contribution >= 4 is 34.3 Å². The molecule has 3 aromatic carbocycles. The van der Waals surface area contributed by atoms with Gasteiger partial charge in [-0.25, -0.2) is 4.79 Å². The molecule has 0 aliphatic carbocycles. The van der Waals surface area contributed by atoms with E-state index in [4.69, 9.17) is 9.47 Å².